The van der Waals surface area contributed by atoms with Crippen molar-refractivity contribution >= 4 is 23.4 Å². The molecule has 0 fully saturated rings. The summed E-state index contributed by atoms with van der Waals surface area (Å²) < 4.78 is 40.1. The fourth-order valence-electron chi connectivity index (χ4n) is 2.42. The van der Waals surface area contributed by atoms with Crippen LogP contribution in [0.4, 0.5) is 18.9 Å². The molecule has 0 aliphatic rings. The number of carbonyl (C=O) groups is 1. The SMILES string of the molecule is Cc1cc(-c2ccccc2)nc(S[C@@H](C)C(=O)Nc2ccc(F)c(F)c2F)n1. The molecule has 1 aromatic heterocycles. The van der Waals surface area contributed by atoms with Crippen LogP contribution in [0, 0.1) is 24.4 Å². The number of hydrogen-bond donors (Lipinski definition) is 1. The Labute approximate surface area is 164 Å². The second-order valence-corrected chi connectivity index (χ2v) is 7.32. The van der Waals surface area contributed by atoms with Gasteiger partial charge < -0.3 is 5.32 Å². The van der Waals surface area contributed by atoms with E-state index in [0.29, 0.717) is 5.16 Å². The van der Waals surface area contributed by atoms with Crippen molar-refractivity contribution in [3.05, 3.63) is 71.7 Å². The van der Waals surface area contributed by atoms with Crippen LogP contribution < -0.4 is 5.32 Å². The predicted octanol–water partition coefficient (Wildman–Crippen LogP) is 4.99. The molecule has 3 rings (SSSR count). The first-order valence-corrected chi connectivity index (χ1v) is 9.25. The molecule has 4 nitrogen and oxygen atoms in total. The quantitative estimate of drug-likeness (QED) is 0.371. The third kappa shape index (κ3) is 4.51. The lowest BCUT2D eigenvalue weighted by Crippen LogP contribution is -2.23. The topological polar surface area (TPSA) is 54.9 Å². The highest BCUT2D eigenvalue weighted by atomic mass is 32.2. The van der Waals surface area contributed by atoms with E-state index in [2.05, 4.69) is 15.3 Å². The third-order valence-corrected chi connectivity index (χ3v) is 4.81. The second kappa shape index (κ2) is 8.43. The van der Waals surface area contributed by atoms with Crippen LogP contribution in [0.2, 0.25) is 0 Å². The number of carbonyl (C=O) groups excluding carboxylic acids is 1. The van der Waals surface area contributed by atoms with Gasteiger partial charge in [-0.2, -0.15) is 0 Å². The lowest BCUT2D eigenvalue weighted by Gasteiger charge is -2.13. The number of nitrogens with zero attached hydrogens (tertiary/aromatic N) is 2. The van der Waals surface area contributed by atoms with E-state index in [9.17, 15) is 18.0 Å². The Morgan fingerprint density at radius 3 is 2.46 bits per heavy atom. The van der Waals surface area contributed by atoms with E-state index in [-0.39, 0.29) is 0 Å². The van der Waals surface area contributed by atoms with Gasteiger partial charge in [-0.05, 0) is 32.0 Å². The molecule has 144 valence electrons. The van der Waals surface area contributed by atoms with E-state index in [1.807, 2.05) is 43.3 Å². The Morgan fingerprint density at radius 2 is 1.75 bits per heavy atom. The number of nitrogens with one attached hydrogen (secondary N) is 1. The molecule has 1 amide bonds. The number of hydrogen-bond acceptors (Lipinski definition) is 4. The average Bonchev–Trinajstić information content (AvgIpc) is 2.68. The molecule has 0 unspecified atom stereocenters. The van der Waals surface area contributed by atoms with Gasteiger partial charge in [-0.3, -0.25) is 4.79 Å². The predicted molar refractivity (Wildman–Crippen MR) is 102 cm³/mol. The minimum absolute atomic E-state index is 0.382. The summed E-state index contributed by atoms with van der Waals surface area (Å²) in [6.45, 7) is 3.41. The van der Waals surface area contributed by atoms with Crippen molar-refractivity contribution in [1.82, 2.24) is 9.97 Å². The fraction of sp³-hybridized carbons (Fsp3) is 0.150. The summed E-state index contributed by atoms with van der Waals surface area (Å²) in [5.41, 5.74) is 1.94. The number of aryl methyl sites for hydroxylation is 1. The van der Waals surface area contributed by atoms with Gasteiger partial charge in [0.2, 0.25) is 5.91 Å². The summed E-state index contributed by atoms with van der Waals surface area (Å²) in [6, 6.07) is 13.1. The molecule has 1 heterocycles. The lowest BCUT2D eigenvalue weighted by molar-refractivity contribution is -0.115. The minimum Gasteiger partial charge on any atom is -0.323 e. The number of rotatable bonds is 5. The summed E-state index contributed by atoms with van der Waals surface area (Å²) in [6.07, 6.45) is 0. The summed E-state index contributed by atoms with van der Waals surface area (Å²) in [4.78, 5) is 21.1. The molecule has 28 heavy (non-hydrogen) atoms. The number of aromatic nitrogens is 2. The molecule has 0 spiro atoms. The van der Waals surface area contributed by atoms with Crippen LogP contribution in [-0.4, -0.2) is 21.1 Å². The van der Waals surface area contributed by atoms with Crippen molar-refractivity contribution in [3.63, 3.8) is 0 Å². The van der Waals surface area contributed by atoms with Gasteiger partial charge in [0.25, 0.3) is 0 Å². The lowest BCUT2D eigenvalue weighted by atomic mass is 10.1. The van der Waals surface area contributed by atoms with Crippen LogP contribution in [-0.2, 0) is 4.79 Å². The monoisotopic (exact) mass is 403 g/mol. The highest BCUT2D eigenvalue weighted by Crippen LogP contribution is 2.26. The molecule has 0 saturated carbocycles. The summed E-state index contributed by atoms with van der Waals surface area (Å²) in [5, 5.41) is 1.95. The van der Waals surface area contributed by atoms with Crippen molar-refractivity contribution in [3.8, 4) is 11.3 Å². The Balaban J connectivity index is 1.76. The minimum atomic E-state index is -1.63. The highest BCUT2D eigenvalue weighted by Gasteiger charge is 2.20. The Kier molecular flexibility index (Phi) is 5.99. The molecule has 3 aromatic rings. The molecule has 0 bridgehead atoms. The van der Waals surface area contributed by atoms with E-state index in [1.165, 1.54) is 0 Å². The molecule has 0 aliphatic carbocycles. The van der Waals surface area contributed by atoms with Crippen LogP contribution in [0.5, 0.6) is 0 Å². The molecule has 1 atom stereocenters. The van der Waals surface area contributed by atoms with Crippen LogP contribution in [0.25, 0.3) is 11.3 Å². The van der Waals surface area contributed by atoms with Gasteiger partial charge in [0.15, 0.2) is 22.6 Å². The van der Waals surface area contributed by atoms with Crippen molar-refractivity contribution in [2.75, 3.05) is 5.32 Å². The average molecular weight is 403 g/mol. The number of benzene rings is 2. The van der Waals surface area contributed by atoms with Crippen molar-refractivity contribution in [2.24, 2.45) is 0 Å². The highest BCUT2D eigenvalue weighted by molar-refractivity contribution is 8.00. The molecule has 1 N–H and O–H groups in total. The van der Waals surface area contributed by atoms with Gasteiger partial charge in [0.1, 0.15) is 0 Å². The fourth-order valence-corrected chi connectivity index (χ4v) is 3.25. The zero-order chi connectivity index (χ0) is 20.3. The molecule has 2 aromatic carbocycles. The Bertz CT molecular complexity index is 1020. The molecule has 8 heteroatoms. The van der Waals surface area contributed by atoms with Crippen molar-refractivity contribution in [2.45, 2.75) is 24.3 Å². The van der Waals surface area contributed by atoms with E-state index >= 15 is 0 Å². The zero-order valence-corrected chi connectivity index (χ0v) is 15.9. The first-order chi connectivity index (χ1) is 13.3. The number of amides is 1. The van der Waals surface area contributed by atoms with Crippen LogP contribution in [0.3, 0.4) is 0 Å². The summed E-state index contributed by atoms with van der Waals surface area (Å²) in [5.74, 6) is -4.97. The van der Waals surface area contributed by atoms with Crippen LogP contribution in [0.1, 0.15) is 12.6 Å². The standard InChI is InChI=1S/C20H16F3N3OS/c1-11-10-16(13-6-4-3-5-7-13)26-20(24-11)28-12(2)19(27)25-15-9-8-14(21)17(22)18(15)23/h3-10,12H,1-2H3,(H,25,27)/t12-/m0/s1. The number of halogens is 3. The molecule has 0 radical (unpaired) electrons. The first kappa shape index (κ1) is 19.9. The van der Waals surface area contributed by atoms with Crippen molar-refractivity contribution in [1.29, 1.82) is 0 Å². The maximum atomic E-state index is 13.7. The van der Waals surface area contributed by atoms with Gasteiger partial charge in [0, 0.05) is 11.3 Å². The third-order valence-electron chi connectivity index (χ3n) is 3.85. The summed E-state index contributed by atoms with van der Waals surface area (Å²) >= 11 is 1.08. The van der Waals surface area contributed by atoms with Gasteiger partial charge in [-0.15, -0.1) is 0 Å². The van der Waals surface area contributed by atoms with Gasteiger partial charge >= 0.3 is 0 Å². The number of thioether (sulfide) groups is 1. The van der Waals surface area contributed by atoms with Gasteiger partial charge in [0.05, 0.1) is 16.6 Å². The first-order valence-electron chi connectivity index (χ1n) is 8.37. The van der Waals surface area contributed by atoms with E-state index in [4.69, 9.17) is 0 Å². The normalized spacial score (nSPS) is 11.9. The maximum Gasteiger partial charge on any atom is 0.237 e. The Morgan fingerprint density at radius 1 is 1.04 bits per heavy atom. The summed E-state index contributed by atoms with van der Waals surface area (Å²) in [7, 11) is 0. The van der Waals surface area contributed by atoms with Crippen LogP contribution in [0.15, 0.2) is 53.7 Å². The van der Waals surface area contributed by atoms with Crippen LogP contribution >= 0.6 is 11.8 Å². The largest absolute Gasteiger partial charge is 0.323 e. The van der Waals surface area contributed by atoms with E-state index in [1.54, 1.807) is 6.92 Å². The Hall–Kier alpha value is -2.87. The van der Waals surface area contributed by atoms with E-state index in [0.717, 1.165) is 40.8 Å². The maximum absolute atomic E-state index is 13.7. The zero-order valence-electron chi connectivity index (χ0n) is 15.0. The molecular weight excluding hydrogens is 387 g/mol. The number of anilines is 1. The smallest absolute Gasteiger partial charge is 0.237 e. The van der Waals surface area contributed by atoms with Crippen molar-refractivity contribution < 1.29 is 18.0 Å². The van der Waals surface area contributed by atoms with Gasteiger partial charge in [-0.25, -0.2) is 23.1 Å². The van der Waals surface area contributed by atoms with E-state index < -0.39 is 34.3 Å². The molecule has 0 saturated heterocycles. The van der Waals surface area contributed by atoms with Gasteiger partial charge in [-0.1, -0.05) is 42.1 Å². The molecular formula is C20H16F3N3OS. The second-order valence-electron chi connectivity index (χ2n) is 6.02. The molecule has 0 aliphatic heterocycles.